The van der Waals surface area contributed by atoms with Crippen LogP contribution in [0.3, 0.4) is 0 Å². The van der Waals surface area contributed by atoms with Crippen LogP contribution in [0.1, 0.15) is 34.1 Å². The Bertz CT molecular complexity index is 203. The normalized spacial score (nSPS) is 11.1. The number of rotatable bonds is 8. The maximum Gasteiger partial charge on any atom is 0.186 e. The molecule has 0 N–H and O–H groups in total. The van der Waals surface area contributed by atoms with E-state index in [0.717, 1.165) is 0 Å². The summed E-state index contributed by atoms with van der Waals surface area (Å²) in [5.74, 6) is 0.357. The van der Waals surface area contributed by atoms with Crippen molar-refractivity contribution in [2.75, 3.05) is 13.2 Å². The Balaban J connectivity index is 4.28. The van der Waals surface area contributed by atoms with Crippen LogP contribution in [-0.4, -0.2) is 25.3 Å². The Morgan fingerprint density at radius 1 is 1.20 bits per heavy atom. The summed E-state index contributed by atoms with van der Waals surface area (Å²) >= 11 is 0. The molecule has 0 rings (SSSR count). The van der Waals surface area contributed by atoms with Crippen LogP contribution in [0.25, 0.3) is 0 Å². The number of Topliss-reactive ketones (excluding diaryl/α,β-unsaturated/α-hetero) is 1. The van der Waals surface area contributed by atoms with Gasteiger partial charge in [-0.3, -0.25) is 4.79 Å². The lowest BCUT2D eigenvalue weighted by Gasteiger charge is -2.18. The van der Waals surface area contributed by atoms with E-state index in [2.05, 4.69) is 6.58 Å². The number of ether oxygens (including phenoxy) is 2. The SMILES string of the molecule is C=C(C(=O)CC(C)C)C(OCC)OCC. The highest BCUT2D eigenvalue weighted by Crippen LogP contribution is 2.13. The monoisotopic (exact) mass is 214 g/mol. The molecular weight excluding hydrogens is 192 g/mol. The molecule has 0 saturated heterocycles. The summed E-state index contributed by atoms with van der Waals surface area (Å²) in [6.45, 7) is 12.5. The fourth-order valence-corrected chi connectivity index (χ4v) is 1.19. The fourth-order valence-electron chi connectivity index (χ4n) is 1.19. The molecule has 0 aliphatic heterocycles. The van der Waals surface area contributed by atoms with Gasteiger partial charge >= 0.3 is 0 Å². The minimum absolute atomic E-state index is 0.0249. The molecule has 15 heavy (non-hydrogen) atoms. The highest BCUT2D eigenvalue weighted by Gasteiger charge is 2.19. The quantitative estimate of drug-likeness (QED) is 0.460. The van der Waals surface area contributed by atoms with Crippen molar-refractivity contribution in [1.29, 1.82) is 0 Å². The number of hydrogen-bond donors (Lipinski definition) is 0. The van der Waals surface area contributed by atoms with E-state index in [1.807, 2.05) is 27.7 Å². The van der Waals surface area contributed by atoms with Crippen molar-refractivity contribution in [3.05, 3.63) is 12.2 Å². The minimum atomic E-state index is -0.578. The predicted molar refractivity (Wildman–Crippen MR) is 60.6 cm³/mol. The van der Waals surface area contributed by atoms with Gasteiger partial charge in [-0.05, 0) is 19.8 Å². The third-order valence-electron chi connectivity index (χ3n) is 1.87. The van der Waals surface area contributed by atoms with Gasteiger partial charge in [-0.15, -0.1) is 0 Å². The molecule has 0 aliphatic carbocycles. The molecule has 0 radical (unpaired) electrons. The number of carbonyl (C=O) groups is 1. The minimum Gasteiger partial charge on any atom is -0.349 e. The molecule has 3 heteroatoms. The second-order valence-electron chi connectivity index (χ2n) is 3.79. The predicted octanol–water partition coefficient (Wildman–Crippen LogP) is 2.56. The molecule has 0 heterocycles. The van der Waals surface area contributed by atoms with E-state index < -0.39 is 6.29 Å². The summed E-state index contributed by atoms with van der Waals surface area (Å²) < 4.78 is 10.6. The Labute approximate surface area is 92.5 Å². The Kier molecular flexibility index (Phi) is 7.26. The van der Waals surface area contributed by atoms with Gasteiger partial charge in [0, 0.05) is 25.2 Å². The third kappa shape index (κ3) is 5.70. The van der Waals surface area contributed by atoms with Crippen LogP contribution in [0.2, 0.25) is 0 Å². The van der Waals surface area contributed by atoms with Gasteiger partial charge in [0.2, 0.25) is 0 Å². The van der Waals surface area contributed by atoms with Gasteiger partial charge in [0.15, 0.2) is 12.1 Å². The van der Waals surface area contributed by atoms with Crippen molar-refractivity contribution in [2.45, 2.75) is 40.4 Å². The third-order valence-corrected chi connectivity index (χ3v) is 1.87. The maximum atomic E-state index is 11.7. The lowest BCUT2D eigenvalue weighted by Crippen LogP contribution is -2.25. The van der Waals surface area contributed by atoms with Crippen LogP contribution >= 0.6 is 0 Å². The number of hydrogen-bond acceptors (Lipinski definition) is 3. The van der Waals surface area contributed by atoms with Crippen molar-refractivity contribution in [1.82, 2.24) is 0 Å². The lowest BCUT2D eigenvalue weighted by molar-refractivity contribution is -0.131. The first-order chi connectivity index (χ1) is 7.02. The van der Waals surface area contributed by atoms with E-state index in [9.17, 15) is 4.79 Å². The average Bonchev–Trinajstić information content (AvgIpc) is 2.15. The molecule has 0 atom stereocenters. The Morgan fingerprint density at radius 3 is 2.00 bits per heavy atom. The van der Waals surface area contributed by atoms with E-state index in [4.69, 9.17) is 9.47 Å². The number of carbonyl (C=O) groups excluding carboxylic acids is 1. The molecule has 0 spiro atoms. The molecule has 0 saturated carbocycles. The van der Waals surface area contributed by atoms with Crippen molar-refractivity contribution in [3.8, 4) is 0 Å². The largest absolute Gasteiger partial charge is 0.349 e. The zero-order chi connectivity index (χ0) is 11.8. The molecule has 0 bridgehead atoms. The van der Waals surface area contributed by atoms with Crippen LogP contribution in [0, 0.1) is 5.92 Å². The zero-order valence-electron chi connectivity index (χ0n) is 10.2. The van der Waals surface area contributed by atoms with Crippen molar-refractivity contribution >= 4 is 5.78 Å². The second kappa shape index (κ2) is 7.60. The van der Waals surface area contributed by atoms with Crippen LogP contribution in [0.4, 0.5) is 0 Å². The van der Waals surface area contributed by atoms with E-state index in [1.165, 1.54) is 0 Å². The Morgan fingerprint density at radius 2 is 1.67 bits per heavy atom. The first-order valence-electron chi connectivity index (χ1n) is 5.48. The highest BCUT2D eigenvalue weighted by atomic mass is 16.7. The Hall–Kier alpha value is -0.670. The molecule has 0 unspecified atom stereocenters. The van der Waals surface area contributed by atoms with Crippen molar-refractivity contribution in [2.24, 2.45) is 5.92 Å². The maximum absolute atomic E-state index is 11.7. The van der Waals surface area contributed by atoms with Gasteiger partial charge in [0.1, 0.15) is 0 Å². The summed E-state index contributed by atoms with van der Waals surface area (Å²) in [4.78, 5) is 11.7. The summed E-state index contributed by atoms with van der Waals surface area (Å²) in [5, 5.41) is 0. The molecule has 0 aromatic rings. The molecule has 0 aliphatic rings. The van der Waals surface area contributed by atoms with Crippen LogP contribution in [0.15, 0.2) is 12.2 Å². The van der Waals surface area contributed by atoms with Gasteiger partial charge in [-0.2, -0.15) is 0 Å². The second-order valence-corrected chi connectivity index (χ2v) is 3.79. The molecule has 3 nitrogen and oxygen atoms in total. The van der Waals surface area contributed by atoms with Crippen LogP contribution in [-0.2, 0) is 14.3 Å². The van der Waals surface area contributed by atoms with Crippen molar-refractivity contribution in [3.63, 3.8) is 0 Å². The van der Waals surface area contributed by atoms with E-state index in [1.54, 1.807) is 0 Å². The van der Waals surface area contributed by atoms with Gasteiger partial charge in [0.05, 0.1) is 0 Å². The fraction of sp³-hybridized carbons (Fsp3) is 0.750. The molecule has 88 valence electrons. The van der Waals surface area contributed by atoms with Crippen LogP contribution in [0.5, 0.6) is 0 Å². The van der Waals surface area contributed by atoms with E-state index in [-0.39, 0.29) is 5.78 Å². The van der Waals surface area contributed by atoms with Gasteiger partial charge in [-0.1, -0.05) is 20.4 Å². The standard InChI is InChI=1S/C12H22O3/c1-6-14-12(15-7-2)10(5)11(13)8-9(3)4/h9,12H,5-8H2,1-4H3. The molecule has 0 aromatic carbocycles. The zero-order valence-corrected chi connectivity index (χ0v) is 10.2. The molecular formula is C12H22O3. The van der Waals surface area contributed by atoms with E-state index >= 15 is 0 Å². The molecule has 0 aromatic heterocycles. The first kappa shape index (κ1) is 14.3. The first-order valence-corrected chi connectivity index (χ1v) is 5.48. The van der Waals surface area contributed by atoms with Gasteiger partial charge in [-0.25, -0.2) is 0 Å². The van der Waals surface area contributed by atoms with Crippen LogP contribution < -0.4 is 0 Å². The van der Waals surface area contributed by atoms with Gasteiger partial charge in [0.25, 0.3) is 0 Å². The number of ketones is 1. The average molecular weight is 214 g/mol. The van der Waals surface area contributed by atoms with Gasteiger partial charge < -0.3 is 9.47 Å². The highest BCUT2D eigenvalue weighted by molar-refractivity contribution is 5.95. The van der Waals surface area contributed by atoms with Crippen molar-refractivity contribution < 1.29 is 14.3 Å². The molecule has 0 fully saturated rings. The summed E-state index contributed by atoms with van der Waals surface area (Å²) in [6, 6.07) is 0. The topological polar surface area (TPSA) is 35.5 Å². The van der Waals surface area contributed by atoms with E-state index in [0.29, 0.717) is 31.1 Å². The summed E-state index contributed by atoms with van der Waals surface area (Å²) in [7, 11) is 0. The lowest BCUT2D eigenvalue weighted by atomic mass is 10.0. The molecule has 0 amide bonds. The summed E-state index contributed by atoms with van der Waals surface area (Å²) in [6.07, 6.45) is -0.0820. The summed E-state index contributed by atoms with van der Waals surface area (Å²) in [5.41, 5.74) is 0.424. The smallest absolute Gasteiger partial charge is 0.186 e.